The molecule has 104 valence electrons. The molecule has 1 aromatic rings. The maximum atomic E-state index is 12.2. The zero-order valence-electron chi connectivity index (χ0n) is 10.9. The average Bonchev–Trinajstić information content (AvgIpc) is 2.36. The summed E-state index contributed by atoms with van der Waals surface area (Å²) in [4.78, 5) is 11.7. The minimum atomic E-state index is -3.77. The van der Waals surface area contributed by atoms with Crippen molar-refractivity contribution in [2.24, 2.45) is 4.40 Å². The lowest BCUT2D eigenvalue weighted by atomic mass is 10.1. The lowest BCUT2D eigenvalue weighted by Gasteiger charge is -2.07. The first kappa shape index (κ1) is 14.9. The number of aryl methyl sites for hydroxylation is 1. The highest BCUT2D eigenvalue weighted by Gasteiger charge is 2.18. The number of Topliss-reactive ketones (excluding diaryl/α,β-unsaturated/α-hetero) is 1. The molecule has 0 saturated heterocycles. The van der Waals surface area contributed by atoms with Crippen molar-refractivity contribution in [1.29, 1.82) is 0 Å². The number of ketones is 1. The molecule has 0 fully saturated rings. The van der Waals surface area contributed by atoms with Crippen LogP contribution in [0.3, 0.4) is 0 Å². The van der Waals surface area contributed by atoms with E-state index < -0.39 is 10.0 Å². The molecule has 20 heavy (non-hydrogen) atoms. The Balaban J connectivity index is 2.44. The summed E-state index contributed by atoms with van der Waals surface area (Å²) in [5.41, 5.74) is 1.64. The van der Waals surface area contributed by atoms with Crippen LogP contribution in [0.15, 0.2) is 55.8 Å². The Kier molecular flexibility index (Phi) is 4.06. The second-order valence-corrected chi connectivity index (χ2v) is 6.91. The minimum Gasteiger partial charge on any atom is -0.288 e. The minimum absolute atomic E-state index is 0.128. The van der Waals surface area contributed by atoms with E-state index in [1.165, 1.54) is 24.3 Å². The van der Waals surface area contributed by atoms with Crippen LogP contribution in [0, 0.1) is 6.92 Å². The van der Waals surface area contributed by atoms with Gasteiger partial charge in [0, 0.05) is 0 Å². The topological polar surface area (TPSA) is 63.6 Å². The van der Waals surface area contributed by atoms with Crippen LogP contribution in [0.25, 0.3) is 0 Å². The van der Waals surface area contributed by atoms with E-state index in [1.807, 2.05) is 6.92 Å². The molecule has 0 atom stereocenters. The quantitative estimate of drug-likeness (QED) is 0.767. The molecular weight excluding hydrogens is 342 g/mol. The van der Waals surface area contributed by atoms with Gasteiger partial charge in [0.15, 0.2) is 5.78 Å². The first-order chi connectivity index (χ1) is 9.29. The van der Waals surface area contributed by atoms with Crippen molar-refractivity contribution < 1.29 is 13.2 Å². The molecule has 0 N–H and O–H groups in total. The Hall–Kier alpha value is -1.53. The van der Waals surface area contributed by atoms with E-state index in [0.717, 1.165) is 5.56 Å². The molecule has 0 spiro atoms. The molecule has 0 heterocycles. The second-order valence-electron chi connectivity index (χ2n) is 4.45. The van der Waals surface area contributed by atoms with Gasteiger partial charge in [0.25, 0.3) is 10.0 Å². The van der Waals surface area contributed by atoms with E-state index in [2.05, 4.69) is 20.3 Å². The predicted octanol–water partition coefficient (Wildman–Crippen LogP) is 2.93. The highest BCUT2D eigenvalue weighted by atomic mass is 79.9. The van der Waals surface area contributed by atoms with Crippen LogP contribution in [-0.2, 0) is 14.8 Å². The number of hydrogen-bond acceptors (Lipinski definition) is 3. The number of benzene rings is 1. The summed E-state index contributed by atoms with van der Waals surface area (Å²) >= 11 is 3.10. The number of hydrogen-bond donors (Lipinski definition) is 0. The number of rotatable bonds is 2. The van der Waals surface area contributed by atoms with Crippen molar-refractivity contribution in [3.63, 3.8) is 0 Å². The van der Waals surface area contributed by atoms with E-state index in [4.69, 9.17) is 0 Å². The zero-order chi connectivity index (χ0) is 14.9. The lowest BCUT2D eigenvalue weighted by Crippen LogP contribution is -2.11. The Morgan fingerprint density at radius 1 is 1.05 bits per heavy atom. The monoisotopic (exact) mass is 353 g/mol. The first-order valence-electron chi connectivity index (χ1n) is 5.81. The number of nitrogens with zero attached hydrogens (tertiary/aromatic N) is 1. The van der Waals surface area contributed by atoms with Gasteiger partial charge in [-0.15, -0.1) is 0 Å². The summed E-state index contributed by atoms with van der Waals surface area (Å²) in [6.07, 6.45) is 2.86. The van der Waals surface area contributed by atoms with Gasteiger partial charge in [-0.3, -0.25) is 4.79 Å². The second kappa shape index (κ2) is 5.46. The molecule has 0 aliphatic heterocycles. The van der Waals surface area contributed by atoms with E-state index in [-0.39, 0.29) is 16.4 Å². The van der Waals surface area contributed by atoms with Crippen molar-refractivity contribution in [3.05, 3.63) is 52.0 Å². The van der Waals surface area contributed by atoms with Gasteiger partial charge < -0.3 is 0 Å². The van der Waals surface area contributed by atoms with E-state index >= 15 is 0 Å². The van der Waals surface area contributed by atoms with Crippen molar-refractivity contribution in [2.75, 3.05) is 0 Å². The molecule has 0 saturated carbocycles. The summed E-state index contributed by atoms with van der Waals surface area (Å²) in [7, 11) is -3.77. The van der Waals surface area contributed by atoms with Gasteiger partial charge in [-0.1, -0.05) is 17.7 Å². The Bertz CT molecular complexity index is 732. The van der Waals surface area contributed by atoms with Gasteiger partial charge >= 0.3 is 0 Å². The number of carbonyl (C=O) groups is 1. The fourth-order valence-electron chi connectivity index (χ4n) is 1.67. The molecule has 0 amide bonds. The van der Waals surface area contributed by atoms with Crippen molar-refractivity contribution >= 4 is 37.4 Å². The van der Waals surface area contributed by atoms with Gasteiger partial charge in [0.1, 0.15) is 0 Å². The third-order valence-electron chi connectivity index (χ3n) is 2.76. The summed E-state index contributed by atoms with van der Waals surface area (Å²) in [5, 5.41) is 0. The average molecular weight is 354 g/mol. The molecule has 1 aliphatic carbocycles. The first-order valence-corrected chi connectivity index (χ1v) is 8.05. The lowest BCUT2D eigenvalue weighted by molar-refractivity contribution is -0.111. The van der Waals surface area contributed by atoms with Gasteiger partial charge in [-0.25, -0.2) is 0 Å². The van der Waals surface area contributed by atoms with Crippen LogP contribution in [0.1, 0.15) is 12.5 Å². The Morgan fingerprint density at radius 3 is 2.20 bits per heavy atom. The zero-order valence-corrected chi connectivity index (χ0v) is 13.3. The van der Waals surface area contributed by atoms with Gasteiger partial charge in [-0.2, -0.15) is 12.8 Å². The highest BCUT2D eigenvalue weighted by molar-refractivity contribution is 9.12. The van der Waals surface area contributed by atoms with Crippen LogP contribution in [-0.4, -0.2) is 19.9 Å². The van der Waals surface area contributed by atoms with Crippen LogP contribution >= 0.6 is 15.9 Å². The molecule has 2 rings (SSSR count). The standard InChI is InChI=1S/C14H12BrNO3S/c1-9-3-5-12(6-4-9)20(18,19)16-11-7-10(2)14(17)13(15)8-11/h3-8H,1-2H3/b16-11-. The van der Waals surface area contributed by atoms with Crippen molar-refractivity contribution in [2.45, 2.75) is 18.7 Å². The molecule has 6 heteroatoms. The summed E-state index contributed by atoms with van der Waals surface area (Å²) in [6.45, 7) is 3.49. The van der Waals surface area contributed by atoms with E-state index in [0.29, 0.717) is 10.1 Å². The Labute approximate surface area is 126 Å². The van der Waals surface area contributed by atoms with Gasteiger partial charge in [0.05, 0.1) is 15.1 Å². The molecule has 0 bridgehead atoms. The van der Waals surface area contributed by atoms with Crippen LogP contribution < -0.4 is 0 Å². The summed E-state index contributed by atoms with van der Waals surface area (Å²) in [5.74, 6) is -0.170. The van der Waals surface area contributed by atoms with Crippen LogP contribution in [0.4, 0.5) is 0 Å². The van der Waals surface area contributed by atoms with E-state index in [1.54, 1.807) is 19.1 Å². The smallest absolute Gasteiger partial charge is 0.282 e. The molecule has 1 aromatic carbocycles. The maximum Gasteiger partial charge on any atom is 0.282 e. The number of allylic oxidation sites excluding steroid dienone is 4. The van der Waals surface area contributed by atoms with Crippen molar-refractivity contribution in [1.82, 2.24) is 0 Å². The number of carbonyl (C=O) groups excluding carboxylic acids is 1. The molecule has 4 nitrogen and oxygen atoms in total. The highest BCUT2D eigenvalue weighted by Crippen LogP contribution is 2.20. The maximum absolute atomic E-state index is 12.2. The summed E-state index contributed by atoms with van der Waals surface area (Å²) in [6, 6.07) is 6.45. The third-order valence-corrected chi connectivity index (χ3v) is 4.67. The van der Waals surface area contributed by atoms with E-state index in [9.17, 15) is 13.2 Å². The van der Waals surface area contributed by atoms with Crippen LogP contribution in [0.2, 0.25) is 0 Å². The largest absolute Gasteiger partial charge is 0.288 e. The Morgan fingerprint density at radius 2 is 1.65 bits per heavy atom. The molecule has 0 radical (unpaired) electrons. The fourth-order valence-corrected chi connectivity index (χ4v) is 3.18. The number of halogens is 1. The predicted molar refractivity (Wildman–Crippen MR) is 81.6 cm³/mol. The third kappa shape index (κ3) is 3.13. The van der Waals surface area contributed by atoms with Crippen LogP contribution in [0.5, 0.6) is 0 Å². The molecule has 0 aromatic heterocycles. The number of sulfonamides is 1. The fraction of sp³-hybridized carbons (Fsp3) is 0.143. The molecule has 1 aliphatic rings. The van der Waals surface area contributed by atoms with Gasteiger partial charge in [-0.05, 0) is 59.6 Å². The summed E-state index contributed by atoms with van der Waals surface area (Å²) < 4.78 is 28.4. The molecular formula is C14H12BrNO3S. The SMILES string of the molecule is CC1=C/C(=N/S(=O)(=O)c2ccc(C)cc2)C=C(Br)C1=O. The molecule has 0 unspecified atom stereocenters. The van der Waals surface area contributed by atoms with Gasteiger partial charge in [0.2, 0.25) is 0 Å². The van der Waals surface area contributed by atoms with Crippen molar-refractivity contribution in [3.8, 4) is 0 Å². The normalized spacial score (nSPS) is 17.9.